The molecule has 7 nitrogen and oxygen atoms in total. The number of aliphatic hydroxyl groups is 1. The number of aliphatic hydroxyl groups excluding tert-OH is 1. The molecule has 1 atom stereocenters. The highest BCUT2D eigenvalue weighted by Crippen LogP contribution is 2.39. The number of nitrogens with one attached hydrogen (secondary N) is 2. The van der Waals surface area contributed by atoms with Gasteiger partial charge in [0.2, 0.25) is 0 Å². The quantitative estimate of drug-likeness (QED) is 0.401. The molecule has 0 fully saturated rings. The molecule has 1 aliphatic heterocycles. The number of para-hydroxylation sites is 1. The van der Waals surface area contributed by atoms with Gasteiger partial charge in [0.15, 0.2) is 0 Å². The number of aromatic nitrogens is 2. The van der Waals surface area contributed by atoms with Crippen LogP contribution in [0.3, 0.4) is 0 Å². The van der Waals surface area contributed by atoms with E-state index in [1.54, 1.807) is 6.20 Å². The third-order valence-corrected chi connectivity index (χ3v) is 6.16. The average Bonchev–Trinajstić information content (AvgIpc) is 3.41. The fourth-order valence-corrected chi connectivity index (χ4v) is 4.83. The van der Waals surface area contributed by atoms with Crippen LogP contribution in [0.1, 0.15) is 16.7 Å². The van der Waals surface area contributed by atoms with E-state index in [9.17, 15) is 14.7 Å². The van der Waals surface area contributed by atoms with Gasteiger partial charge in [-0.25, -0.2) is 0 Å². The zero-order valence-corrected chi connectivity index (χ0v) is 18.8. The van der Waals surface area contributed by atoms with E-state index in [-0.39, 0.29) is 0 Å². The summed E-state index contributed by atoms with van der Waals surface area (Å²) in [5.74, 6) is -0.807. The number of nitrogens with zero attached hydrogens (tertiary/aromatic N) is 2. The van der Waals surface area contributed by atoms with Crippen molar-refractivity contribution >= 4 is 44.8 Å². The van der Waals surface area contributed by atoms with Crippen molar-refractivity contribution in [3.63, 3.8) is 0 Å². The van der Waals surface area contributed by atoms with Crippen molar-refractivity contribution in [1.29, 1.82) is 0 Å². The second kappa shape index (κ2) is 8.03. The van der Waals surface area contributed by atoms with E-state index in [0.29, 0.717) is 35.4 Å². The molecule has 4 aromatic rings. The standard InChI is InChI=1S/C26H26N4O3/c1-15-7-6-10-21-22(15)19(14-30(21)13-16(31)12-29(2)3)24-23(25(32)28-26(24)33)18-11-27-20-9-5-4-8-17(18)20/h4-11,14,16,27,31H,12-13H2,1-3H3,(H,28,32,33). The van der Waals surface area contributed by atoms with E-state index in [1.165, 1.54) is 0 Å². The van der Waals surface area contributed by atoms with Crippen LogP contribution in [0.5, 0.6) is 0 Å². The Balaban J connectivity index is 1.75. The highest BCUT2D eigenvalue weighted by Gasteiger charge is 2.35. The van der Waals surface area contributed by atoms with Gasteiger partial charge in [-0.1, -0.05) is 30.3 Å². The Hall–Kier alpha value is -3.68. The molecule has 0 saturated heterocycles. The lowest BCUT2D eigenvalue weighted by atomic mass is 9.94. The number of carbonyl (C=O) groups is 2. The van der Waals surface area contributed by atoms with E-state index in [2.05, 4.69) is 10.3 Å². The van der Waals surface area contributed by atoms with Gasteiger partial charge in [0, 0.05) is 58.4 Å². The number of aryl methyl sites for hydroxylation is 1. The summed E-state index contributed by atoms with van der Waals surface area (Å²) in [5, 5.41) is 14.9. The highest BCUT2D eigenvalue weighted by molar-refractivity contribution is 6.50. The topological polar surface area (TPSA) is 90.4 Å². The van der Waals surface area contributed by atoms with Gasteiger partial charge in [0.1, 0.15) is 0 Å². The molecule has 7 heteroatoms. The van der Waals surface area contributed by atoms with Crippen LogP contribution >= 0.6 is 0 Å². The molecule has 0 saturated carbocycles. The van der Waals surface area contributed by atoms with Crippen molar-refractivity contribution in [1.82, 2.24) is 19.8 Å². The summed E-state index contributed by atoms with van der Waals surface area (Å²) in [6.07, 6.45) is 3.09. The SMILES string of the molecule is Cc1cccc2c1c(C1=C(c3c[nH]c4ccccc34)C(=O)NC1=O)cn2CC(O)CN(C)C. The zero-order valence-electron chi connectivity index (χ0n) is 18.8. The summed E-state index contributed by atoms with van der Waals surface area (Å²) < 4.78 is 1.97. The van der Waals surface area contributed by atoms with Crippen LogP contribution in [0.4, 0.5) is 0 Å². The Morgan fingerprint density at radius 1 is 1.00 bits per heavy atom. The summed E-state index contributed by atoms with van der Waals surface area (Å²) in [5.41, 5.74) is 4.95. The molecule has 3 heterocycles. The number of hydrogen-bond donors (Lipinski definition) is 3. The van der Waals surface area contributed by atoms with Gasteiger partial charge in [-0.15, -0.1) is 0 Å². The maximum Gasteiger partial charge on any atom is 0.259 e. The van der Waals surface area contributed by atoms with E-state index in [4.69, 9.17) is 0 Å². The Bertz CT molecular complexity index is 1440. The molecule has 33 heavy (non-hydrogen) atoms. The number of amides is 2. The molecule has 2 amide bonds. The Morgan fingerprint density at radius 3 is 2.48 bits per heavy atom. The predicted octanol–water partition coefficient (Wildman–Crippen LogP) is 2.92. The minimum atomic E-state index is -0.579. The molecule has 0 radical (unpaired) electrons. The van der Waals surface area contributed by atoms with E-state index in [0.717, 1.165) is 27.4 Å². The Kier molecular flexibility index (Phi) is 5.15. The van der Waals surface area contributed by atoms with Crippen LogP contribution in [-0.4, -0.2) is 58.1 Å². The summed E-state index contributed by atoms with van der Waals surface area (Å²) in [4.78, 5) is 31.2. The minimum absolute atomic E-state index is 0.366. The molecule has 1 aliphatic rings. The molecule has 5 rings (SSSR count). The largest absolute Gasteiger partial charge is 0.390 e. The van der Waals surface area contributed by atoms with Gasteiger partial charge < -0.3 is 19.6 Å². The van der Waals surface area contributed by atoms with Crippen LogP contribution in [0.2, 0.25) is 0 Å². The van der Waals surface area contributed by atoms with Gasteiger partial charge >= 0.3 is 0 Å². The number of rotatable bonds is 6. The maximum atomic E-state index is 13.1. The van der Waals surface area contributed by atoms with Crippen LogP contribution in [0.15, 0.2) is 54.9 Å². The van der Waals surface area contributed by atoms with Crippen LogP contribution in [-0.2, 0) is 16.1 Å². The fourth-order valence-electron chi connectivity index (χ4n) is 4.83. The van der Waals surface area contributed by atoms with Crippen molar-refractivity contribution in [2.24, 2.45) is 0 Å². The second-order valence-electron chi connectivity index (χ2n) is 8.86. The number of likely N-dealkylation sites (N-methyl/N-ethyl adjacent to an activating group) is 1. The number of aromatic amines is 1. The van der Waals surface area contributed by atoms with Crippen molar-refractivity contribution in [3.8, 4) is 0 Å². The fraction of sp³-hybridized carbons (Fsp3) is 0.231. The average molecular weight is 443 g/mol. The molecule has 0 aliphatic carbocycles. The first-order valence-corrected chi connectivity index (χ1v) is 10.9. The first kappa shape index (κ1) is 21.2. The number of carbonyl (C=O) groups excluding carboxylic acids is 2. The third-order valence-electron chi connectivity index (χ3n) is 6.16. The third kappa shape index (κ3) is 3.55. The molecular weight excluding hydrogens is 416 g/mol. The second-order valence-corrected chi connectivity index (χ2v) is 8.86. The lowest BCUT2D eigenvalue weighted by molar-refractivity contribution is -0.122. The number of benzene rings is 2. The molecular formula is C26H26N4O3. The van der Waals surface area contributed by atoms with Gasteiger partial charge in [-0.2, -0.15) is 0 Å². The number of fused-ring (bicyclic) bond motifs is 2. The summed E-state index contributed by atoms with van der Waals surface area (Å²) in [6.45, 7) is 2.89. The predicted molar refractivity (Wildman–Crippen MR) is 129 cm³/mol. The monoisotopic (exact) mass is 442 g/mol. The van der Waals surface area contributed by atoms with Crippen molar-refractivity contribution in [2.45, 2.75) is 19.6 Å². The zero-order chi connectivity index (χ0) is 23.3. The van der Waals surface area contributed by atoms with Crippen molar-refractivity contribution < 1.29 is 14.7 Å². The molecule has 2 aromatic heterocycles. The highest BCUT2D eigenvalue weighted by atomic mass is 16.3. The molecule has 3 N–H and O–H groups in total. The van der Waals surface area contributed by atoms with Crippen LogP contribution in [0.25, 0.3) is 33.0 Å². The minimum Gasteiger partial charge on any atom is -0.390 e. The molecule has 2 aromatic carbocycles. The van der Waals surface area contributed by atoms with Gasteiger partial charge in [-0.05, 0) is 38.7 Å². The van der Waals surface area contributed by atoms with Crippen LogP contribution in [0, 0.1) is 6.92 Å². The van der Waals surface area contributed by atoms with Crippen LogP contribution < -0.4 is 5.32 Å². The van der Waals surface area contributed by atoms with Crippen molar-refractivity contribution in [2.75, 3.05) is 20.6 Å². The van der Waals surface area contributed by atoms with E-state index >= 15 is 0 Å². The Labute approximate surface area is 191 Å². The number of hydrogen-bond acceptors (Lipinski definition) is 4. The maximum absolute atomic E-state index is 13.1. The van der Waals surface area contributed by atoms with Gasteiger partial charge in [-0.3, -0.25) is 14.9 Å². The van der Waals surface area contributed by atoms with Gasteiger partial charge in [0.25, 0.3) is 11.8 Å². The van der Waals surface area contributed by atoms with E-state index in [1.807, 2.05) is 79.1 Å². The molecule has 0 spiro atoms. The molecule has 1 unspecified atom stereocenters. The number of H-pyrrole nitrogens is 1. The molecule has 0 bridgehead atoms. The smallest absolute Gasteiger partial charge is 0.259 e. The summed E-state index contributed by atoms with van der Waals surface area (Å²) >= 11 is 0. The van der Waals surface area contributed by atoms with Crippen molar-refractivity contribution in [3.05, 3.63) is 71.5 Å². The summed E-state index contributed by atoms with van der Waals surface area (Å²) in [7, 11) is 3.83. The normalized spacial score (nSPS) is 15.3. The first-order valence-electron chi connectivity index (χ1n) is 10.9. The first-order chi connectivity index (χ1) is 15.8. The Morgan fingerprint density at radius 2 is 1.73 bits per heavy atom. The lowest BCUT2D eigenvalue weighted by Crippen LogP contribution is -2.29. The molecule has 168 valence electrons. The van der Waals surface area contributed by atoms with E-state index < -0.39 is 17.9 Å². The van der Waals surface area contributed by atoms with Gasteiger partial charge in [0.05, 0.1) is 17.3 Å². The number of imide groups is 1. The summed E-state index contributed by atoms with van der Waals surface area (Å²) in [6, 6.07) is 13.7. The lowest BCUT2D eigenvalue weighted by Gasteiger charge is -2.17.